The van der Waals surface area contributed by atoms with Crippen LogP contribution in [0.15, 0.2) is 0 Å². The number of hydrogen-bond acceptors (Lipinski definition) is 2. The fourth-order valence-electron chi connectivity index (χ4n) is 1.41. The fraction of sp³-hybridized carbons (Fsp3) is 0.778. The van der Waals surface area contributed by atoms with E-state index in [4.69, 9.17) is 0 Å². The van der Waals surface area contributed by atoms with Crippen LogP contribution in [0.25, 0.3) is 0 Å². The Hall–Kier alpha value is -1.06. The average Bonchev–Trinajstić information content (AvgIpc) is 2.32. The van der Waals surface area contributed by atoms with Crippen LogP contribution in [0.1, 0.15) is 26.2 Å². The van der Waals surface area contributed by atoms with Crippen LogP contribution in [-0.4, -0.2) is 41.9 Å². The zero-order valence-electron chi connectivity index (χ0n) is 8.25. The summed E-state index contributed by atoms with van der Waals surface area (Å²) in [6, 6.07) is -0.152. The van der Waals surface area contributed by atoms with Gasteiger partial charge >= 0.3 is 6.03 Å². The third-order valence-electron chi connectivity index (χ3n) is 2.22. The molecule has 0 radical (unpaired) electrons. The maximum absolute atomic E-state index is 11.3. The smallest absolute Gasteiger partial charge is 0.318 e. The first kappa shape index (κ1) is 10.0. The number of amides is 3. The van der Waals surface area contributed by atoms with Crippen molar-refractivity contribution in [1.82, 2.24) is 9.80 Å². The zero-order chi connectivity index (χ0) is 9.84. The number of urea groups is 1. The lowest BCUT2D eigenvalue weighted by molar-refractivity contribution is -0.125. The van der Waals surface area contributed by atoms with Crippen LogP contribution in [-0.2, 0) is 4.79 Å². The van der Waals surface area contributed by atoms with Gasteiger partial charge in [-0.25, -0.2) is 4.79 Å². The number of rotatable bonds is 4. The SMILES string of the molecule is CCCCCN1C(=O)CN(C)C1=O. The molecule has 0 saturated carbocycles. The summed E-state index contributed by atoms with van der Waals surface area (Å²) in [7, 11) is 1.65. The molecule has 4 heteroatoms. The molecule has 1 rings (SSSR count). The molecule has 0 N–H and O–H groups in total. The molecule has 0 aromatic carbocycles. The number of carbonyl (C=O) groups is 2. The molecule has 0 aliphatic carbocycles. The number of hydrogen-bond donors (Lipinski definition) is 0. The molecule has 1 aliphatic rings. The molecule has 13 heavy (non-hydrogen) atoms. The molecule has 1 saturated heterocycles. The van der Waals surface area contributed by atoms with Crippen molar-refractivity contribution in [2.45, 2.75) is 26.2 Å². The lowest BCUT2D eigenvalue weighted by Gasteiger charge is -2.13. The van der Waals surface area contributed by atoms with Crippen molar-refractivity contribution in [3.05, 3.63) is 0 Å². The maximum Gasteiger partial charge on any atom is 0.326 e. The van der Waals surface area contributed by atoms with Gasteiger partial charge in [-0.2, -0.15) is 0 Å². The van der Waals surface area contributed by atoms with Gasteiger partial charge in [0.2, 0.25) is 5.91 Å². The first-order valence-corrected chi connectivity index (χ1v) is 4.72. The third kappa shape index (κ3) is 2.20. The Bertz CT molecular complexity index is 216. The monoisotopic (exact) mass is 184 g/mol. The highest BCUT2D eigenvalue weighted by Gasteiger charge is 2.32. The Balaban J connectivity index is 2.40. The summed E-state index contributed by atoms with van der Waals surface area (Å²) >= 11 is 0. The van der Waals surface area contributed by atoms with E-state index in [0.717, 1.165) is 19.3 Å². The highest BCUT2D eigenvalue weighted by Crippen LogP contribution is 2.09. The molecule has 3 amide bonds. The molecule has 0 spiro atoms. The van der Waals surface area contributed by atoms with E-state index in [1.807, 2.05) is 0 Å². The zero-order valence-corrected chi connectivity index (χ0v) is 8.25. The molecular weight excluding hydrogens is 168 g/mol. The van der Waals surface area contributed by atoms with E-state index in [1.54, 1.807) is 7.05 Å². The van der Waals surface area contributed by atoms with Gasteiger partial charge in [-0.05, 0) is 6.42 Å². The third-order valence-corrected chi connectivity index (χ3v) is 2.22. The standard InChI is InChI=1S/C9H16N2O2/c1-3-4-5-6-11-8(12)7-10(2)9(11)13/h3-7H2,1-2H3. The van der Waals surface area contributed by atoms with Crippen molar-refractivity contribution >= 4 is 11.9 Å². The van der Waals surface area contributed by atoms with Gasteiger partial charge in [-0.1, -0.05) is 19.8 Å². The quantitative estimate of drug-likeness (QED) is 0.484. The van der Waals surface area contributed by atoms with Gasteiger partial charge in [-0.15, -0.1) is 0 Å². The van der Waals surface area contributed by atoms with E-state index in [0.29, 0.717) is 6.54 Å². The lowest BCUT2D eigenvalue weighted by Crippen LogP contribution is -2.32. The Morgan fingerprint density at radius 1 is 1.31 bits per heavy atom. The average molecular weight is 184 g/mol. The predicted molar refractivity (Wildman–Crippen MR) is 49.3 cm³/mol. The summed E-state index contributed by atoms with van der Waals surface area (Å²) in [5.74, 6) is -0.0661. The van der Waals surface area contributed by atoms with E-state index in [9.17, 15) is 9.59 Å². The van der Waals surface area contributed by atoms with Gasteiger partial charge in [0, 0.05) is 13.6 Å². The minimum atomic E-state index is -0.152. The molecule has 1 fully saturated rings. The summed E-state index contributed by atoms with van der Waals surface area (Å²) in [5.41, 5.74) is 0. The second kappa shape index (κ2) is 4.25. The lowest BCUT2D eigenvalue weighted by atomic mass is 10.2. The van der Waals surface area contributed by atoms with Crippen molar-refractivity contribution < 1.29 is 9.59 Å². The fourth-order valence-corrected chi connectivity index (χ4v) is 1.41. The summed E-state index contributed by atoms with van der Waals surface area (Å²) in [4.78, 5) is 25.4. The van der Waals surface area contributed by atoms with Gasteiger partial charge < -0.3 is 4.90 Å². The van der Waals surface area contributed by atoms with Gasteiger partial charge in [-0.3, -0.25) is 9.69 Å². The predicted octanol–water partition coefficient (Wildman–Crippen LogP) is 1.07. The van der Waals surface area contributed by atoms with Gasteiger partial charge in [0.05, 0.1) is 0 Å². The van der Waals surface area contributed by atoms with Crippen molar-refractivity contribution in [3.63, 3.8) is 0 Å². The normalized spacial score (nSPS) is 17.4. The second-order valence-electron chi connectivity index (χ2n) is 3.39. The van der Waals surface area contributed by atoms with Gasteiger partial charge in [0.1, 0.15) is 6.54 Å². The van der Waals surface area contributed by atoms with Crippen LogP contribution in [0, 0.1) is 0 Å². The number of unbranched alkanes of at least 4 members (excludes halogenated alkanes) is 2. The molecule has 0 bridgehead atoms. The molecule has 4 nitrogen and oxygen atoms in total. The molecular formula is C9H16N2O2. The number of nitrogens with zero attached hydrogens (tertiary/aromatic N) is 2. The van der Waals surface area contributed by atoms with Gasteiger partial charge in [0.25, 0.3) is 0 Å². The topological polar surface area (TPSA) is 40.6 Å². The summed E-state index contributed by atoms with van der Waals surface area (Å²) in [6.07, 6.45) is 3.09. The molecule has 0 unspecified atom stereocenters. The van der Waals surface area contributed by atoms with Crippen LogP contribution in [0.5, 0.6) is 0 Å². The molecule has 0 aromatic rings. The van der Waals surface area contributed by atoms with E-state index in [1.165, 1.54) is 9.80 Å². The summed E-state index contributed by atoms with van der Waals surface area (Å²) in [6.45, 7) is 2.92. The van der Waals surface area contributed by atoms with E-state index >= 15 is 0 Å². The molecule has 1 heterocycles. The Morgan fingerprint density at radius 3 is 2.46 bits per heavy atom. The highest BCUT2D eigenvalue weighted by atomic mass is 16.2. The van der Waals surface area contributed by atoms with E-state index in [-0.39, 0.29) is 18.5 Å². The molecule has 1 aliphatic heterocycles. The van der Waals surface area contributed by atoms with Crippen LogP contribution in [0.2, 0.25) is 0 Å². The number of likely N-dealkylation sites (N-methyl/N-ethyl adjacent to an activating group) is 1. The molecule has 0 atom stereocenters. The Morgan fingerprint density at radius 2 is 2.00 bits per heavy atom. The maximum atomic E-state index is 11.3. The molecule has 74 valence electrons. The minimum Gasteiger partial charge on any atom is -0.318 e. The summed E-state index contributed by atoms with van der Waals surface area (Å²) in [5, 5.41) is 0. The Kier molecular flexibility index (Phi) is 3.28. The summed E-state index contributed by atoms with van der Waals surface area (Å²) < 4.78 is 0. The minimum absolute atomic E-state index is 0.0661. The van der Waals surface area contributed by atoms with Gasteiger partial charge in [0.15, 0.2) is 0 Å². The van der Waals surface area contributed by atoms with E-state index < -0.39 is 0 Å². The van der Waals surface area contributed by atoms with E-state index in [2.05, 4.69) is 6.92 Å². The van der Waals surface area contributed by atoms with Crippen LogP contribution in [0.4, 0.5) is 4.79 Å². The largest absolute Gasteiger partial charge is 0.326 e. The van der Waals surface area contributed by atoms with Crippen LogP contribution in [0.3, 0.4) is 0 Å². The van der Waals surface area contributed by atoms with Crippen molar-refractivity contribution in [2.75, 3.05) is 20.1 Å². The van der Waals surface area contributed by atoms with Crippen LogP contribution < -0.4 is 0 Å². The highest BCUT2D eigenvalue weighted by molar-refractivity contribution is 6.01. The van der Waals surface area contributed by atoms with Crippen LogP contribution >= 0.6 is 0 Å². The first-order chi connectivity index (χ1) is 6.16. The molecule has 0 aromatic heterocycles. The Labute approximate surface area is 78.5 Å². The number of imide groups is 1. The first-order valence-electron chi connectivity index (χ1n) is 4.72. The van der Waals surface area contributed by atoms with Crippen molar-refractivity contribution in [3.8, 4) is 0 Å². The number of carbonyl (C=O) groups excluding carboxylic acids is 2. The van der Waals surface area contributed by atoms with Crippen molar-refractivity contribution in [2.24, 2.45) is 0 Å². The van der Waals surface area contributed by atoms with Crippen molar-refractivity contribution in [1.29, 1.82) is 0 Å². The second-order valence-corrected chi connectivity index (χ2v) is 3.39.